The molecule has 0 radical (unpaired) electrons. The Bertz CT molecular complexity index is 549. The molecule has 2 aromatic carbocycles. The second-order valence-electron chi connectivity index (χ2n) is 4.52. The second kappa shape index (κ2) is 5.76. The van der Waals surface area contributed by atoms with Crippen LogP contribution in [-0.4, -0.2) is 11.7 Å². The molecular weight excluding hydrogens is 238 g/mol. The van der Waals surface area contributed by atoms with E-state index >= 15 is 0 Å². The number of aliphatic hydroxyl groups excluding tert-OH is 1. The average molecular weight is 257 g/mol. The number of rotatable bonds is 4. The molecule has 0 fully saturated rings. The number of nitrogen functional groups attached to an aromatic ring is 1. The van der Waals surface area contributed by atoms with Crippen LogP contribution >= 0.6 is 0 Å². The SMILES string of the molecule is CCOc1ccc([C@H](O)c2ccc(C)c(N)c2)cc1. The van der Waals surface area contributed by atoms with Crippen LogP contribution in [0.2, 0.25) is 0 Å². The van der Waals surface area contributed by atoms with Crippen molar-refractivity contribution in [3.8, 4) is 5.75 Å². The summed E-state index contributed by atoms with van der Waals surface area (Å²) < 4.78 is 5.38. The minimum atomic E-state index is -0.668. The fourth-order valence-electron chi connectivity index (χ4n) is 1.93. The van der Waals surface area contributed by atoms with E-state index in [0.29, 0.717) is 12.3 Å². The van der Waals surface area contributed by atoms with Gasteiger partial charge in [-0.3, -0.25) is 0 Å². The topological polar surface area (TPSA) is 55.5 Å². The molecule has 0 saturated carbocycles. The molecule has 100 valence electrons. The highest BCUT2D eigenvalue weighted by atomic mass is 16.5. The molecular formula is C16H19NO2. The first-order valence-corrected chi connectivity index (χ1v) is 6.38. The number of anilines is 1. The van der Waals surface area contributed by atoms with Crippen molar-refractivity contribution < 1.29 is 9.84 Å². The van der Waals surface area contributed by atoms with Crippen LogP contribution in [0, 0.1) is 6.92 Å². The third kappa shape index (κ3) is 3.06. The normalized spacial score (nSPS) is 12.2. The predicted molar refractivity (Wildman–Crippen MR) is 77.3 cm³/mol. The Hall–Kier alpha value is -2.00. The molecule has 1 atom stereocenters. The summed E-state index contributed by atoms with van der Waals surface area (Å²) in [5, 5.41) is 10.3. The lowest BCUT2D eigenvalue weighted by molar-refractivity contribution is 0.220. The van der Waals surface area contributed by atoms with Gasteiger partial charge in [-0.05, 0) is 48.7 Å². The van der Waals surface area contributed by atoms with Crippen molar-refractivity contribution in [1.82, 2.24) is 0 Å². The lowest BCUT2D eigenvalue weighted by Crippen LogP contribution is -2.01. The van der Waals surface area contributed by atoms with Gasteiger partial charge in [0, 0.05) is 5.69 Å². The minimum Gasteiger partial charge on any atom is -0.494 e. The van der Waals surface area contributed by atoms with Crippen LogP contribution in [-0.2, 0) is 0 Å². The van der Waals surface area contributed by atoms with Gasteiger partial charge in [0.25, 0.3) is 0 Å². The zero-order chi connectivity index (χ0) is 13.8. The van der Waals surface area contributed by atoms with Gasteiger partial charge in [-0.15, -0.1) is 0 Å². The Morgan fingerprint density at radius 3 is 2.32 bits per heavy atom. The van der Waals surface area contributed by atoms with Crippen LogP contribution in [0.25, 0.3) is 0 Å². The fraction of sp³-hybridized carbons (Fsp3) is 0.250. The number of aryl methyl sites for hydroxylation is 1. The number of hydrogen-bond donors (Lipinski definition) is 2. The maximum atomic E-state index is 10.3. The summed E-state index contributed by atoms with van der Waals surface area (Å²) in [4.78, 5) is 0. The van der Waals surface area contributed by atoms with E-state index < -0.39 is 6.10 Å². The molecule has 0 amide bonds. The maximum Gasteiger partial charge on any atom is 0.119 e. The Labute approximate surface area is 113 Å². The average Bonchev–Trinajstić information content (AvgIpc) is 2.42. The van der Waals surface area contributed by atoms with Crippen LogP contribution in [0.4, 0.5) is 5.69 Å². The first-order chi connectivity index (χ1) is 9.11. The third-order valence-corrected chi connectivity index (χ3v) is 3.13. The summed E-state index contributed by atoms with van der Waals surface area (Å²) in [7, 11) is 0. The minimum absolute atomic E-state index is 0.635. The highest BCUT2D eigenvalue weighted by Crippen LogP contribution is 2.26. The van der Waals surface area contributed by atoms with Crippen LogP contribution in [0.5, 0.6) is 5.75 Å². The van der Waals surface area contributed by atoms with Crippen molar-refractivity contribution in [2.75, 3.05) is 12.3 Å². The largest absolute Gasteiger partial charge is 0.494 e. The van der Waals surface area contributed by atoms with E-state index in [0.717, 1.165) is 22.4 Å². The second-order valence-corrected chi connectivity index (χ2v) is 4.52. The van der Waals surface area contributed by atoms with Gasteiger partial charge in [-0.25, -0.2) is 0 Å². The van der Waals surface area contributed by atoms with Gasteiger partial charge in [0.05, 0.1) is 6.61 Å². The van der Waals surface area contributed by atoms with E-state index in [4.69, 9.17) is 10.5 Å². The molecule has 2 rings (SSSR count). The van der Waals surface area contributed by atoms with Gasteiger partial charge in [-0.1, -0.05) is 24.3 Å². The van der Waals surface area contributed by atoms with E-state index in [-0.39, 0.29) is 0 Å². The summed E-state index contributed by atoms with van der Waals surface area (Å²) in [6, 6.07) is 13.1. The predicted octanol–water partition coefficient (Wildman–Crippen LogP) is 3.06. The highest BCUT2D eigenvalue weighted by Gasteiger charge is 2.11. The van der Waals surface area contributed by atoms with E-state index in [2.05, 4.69) is 0 Å². The molecule has 2 aromatic rings. The molecule has 3 heteroatoms. The van der Waals surface area contributed by atoms with E-state index in [9.17, 15) is 5.11 Å². The number of benzene rings is 2. The standard InChI is InChI=1S/C16H19NO2/c1-3-19-14-8-6-12(7-9-14)16(18)13-5-4-11(2)15(17)10-13/h4-10,16,18H,3,17H2,1-2H3/t16-/m0/s1. The monoisotopic (exact) mass is 257 g/mol. The molecule has 0 spiro atoms. The first-order valence-electron chi connectivity index (χ1n) is 6.38. The van der Waals surface area contributed by atoms with Gasteiger partial charge in [-0.2, -0.15) is 0 Å². The number of ether oxygens (including phenoxy) is 1. The first kappa shape index (κ1) is 13.4. The van der Waals surface area contributed by atoms with Crippen LogP contribution < -0.4 is 10.5 Å². The molecule has 3 nitrogen and oxygen atoms in total. The number of hydrogen-bond acceptors (Lipinski definition) is 3. The summed E-state index contributed by atoms with van der Waals surface area (Å²) in [5.41, 5.74) is 9.21. The van der Waals surface area contributed by atoms with Gasteiger partial charge >= 0.3 is 0 Å². The van der Waals surface area contributed by atoms with Crippen molar-refractivity contribution in [2.24, 2.45) is 0 Å². The van der Waals surface area contributed by atoms with Crippen LogP contribution in [0.1, 0.15) is 29.7 Å². The lowest BCUT2D eigenvalue weighted by atomic mass is 9.99. The quantitative estimate of drug-likeness (QED) is 0.828. The van der Waals surface area contributed by atoms with Gasteiger partial charge < -0.3 is 15.6 Å². The summed E-state index contributed by atoms with van der Waals surface area (Å²) >= 11 is 0. The molecule has 0 heterocycles. The van der Waals surface area contributed by atoms with Crippen molar-refractivity contribution in [3.05, 3.63) is 59.2 Å². The van der Waals surface area contributed by atoms with Crippen molar-refractivity contribution in [2.45, 2.75) is 20.0 Å². The lowest BCUT2D eigenvalue weighted by Gasteiger charge is -2.13. The van der Waals surface area contributed by atoms with Crippen molar-refractivity contribution >= 4 is 5.69 Å². The molecule has 0 aliphatic rings. The van der Waals surface area contributed by atoms with Crippen molar-refractivity contribution in [1.29, 1.82) is 0 Å². The fourth-order valence-corrected chi connectivity index (χ4v) is 1.93. The Kier molecular flexibility index (Phi) is 4.07. The van der Waals surface area contributed by atoms with Crippen LogP contribution in [0.15, 0.2) is 42.5 Å². The molecule has 0 saturated heterocycles. The Morgan fingerprint density at radius 1 is 1.11 bits per heavy atom. The molecule has 0 aliphatic carbocycles. The third-order valence-electron chi connectivity index (χ3n) is 3.13. The summed E-state index contributed by atoms with van der Waals surface area (Å²) in [6.45, 7) is 4.52. The zero-order valence-corrected chi connectivity index (χ0v) is 11.3. The van der Waals surface area contributed by atoms with Crippen molar-refractivity contribution in [3.63, 3.8) is 0 Å². The van der Waals surface area contributed by atoms with Gasteiger partial charge in [0.15, 0.2) is 0 Å². The van der Waals surface area contributed by atoms with Gasteiger partial charge in [0.2, 0.25) is 0 Å². The summed E-state index contributed by atoms with van der Waals surface area (Å²) in [6.07, 6.45) is -0.668. The highest BCUT2D eigenvalue weighted by molar-refractivity contribution is 5.50. The van der Waals surface area contributed by atoms with E-state index in [1.54, 1.807) is 0 Å². The molecule has 19 heavy (non-hydrogen) atoms. The van der Waals surface area contributed by atoms with E-state index in [1.807, 2.05) is 56.3 Å². The van der Waals surface area contributed by atoms with Gasteiger partial charge in [0.1, 0.15) is 11.9 Å². The van der Waals surface area contributed by atoms with E-state index in [1.165, 1.54) is 0 Å². The Morgan fingerprint density at radius 2 is 1.74 bits per heavy atom. The maximum absolute atomic E-state index is 10.3. The molecule has 3 N–H and O–H groups in total. The molecule has 0 aromatic heterocycles. The smallest absolute Gasteiger partial charge is 0.119 e. The molecule has 0 bridgehead atoms. The summed E-state index contributed by atoms with van der Waals surface area (Å²) in [5.74, 6) is 0.807. The zero-order valence-electron chi connectivity index (χ0n) is 11.3. The molecule has 0 aliphatic heterocycles. The number of aliphatic hydroxyl groups is 1. The number of nitrogens with two attached hydrogens (primary N) is 1. The molecule has 0 unspecified atom stereocenters. The Balaban J connectivity index is 2.22. The van der Waals surface area contributed by atoms with Crippen LogP contribution in [0.3, 0.4) is 0 Å².